The normalized spacial score (nSPS) is 16.0. The van der Waals surface area contributed by atoms with Crippen LogP contribution >= 0.6 is 24.0 Å². The number of likely N-dealkylation sites (tertiary alicyclic amines) is 1. The van der Waals surface area contributed by atoms with Gasteiger partial charge in [0, 0.05) is 32.9 Å². The maximum Gasteiger partial charge on any atom is 0.191 e. The van der Waals surface area contributed by atoms with E-state index < -0.39 is 0 Å². The molecule has 2 rings (SSSR count). The molecule has 0 bridgehead atoms. The third-order valence-electron chi connectivity index (χ3n) is 3.94. The molecule has 0 saturated carbocycles. The van der Waals surface area contributed by atoms with Crippen molar-refractivity contribution < 1.29 is 0 Å². The number of piperidine rings is 1. The van der Waals surface area contributed by atoms with Crippen molar-refractivity contribution in [2.75, 3.05) is 39.3 Å². The second-order valence-electron chi connectivity index (χ2n) is 5.86. The molecule has 0 radical (unpaired) electrons. The Bertz CT molecular complexity index is 453. The molecule has 0 aliphatic carbocycles. The van der Waals surface area contributed by atoms with Crippen molar-refractivity contribution in [2.45, 2.75) is 32.6 Å². The first-order valence-corrected chi connectivity index (χ1v) is 8.50. The van der Waals surface area contributed by atoms with Crippen LogP contribution in [0.5, 0.6) is 0 Å². The largest absolute Gasteiger partial charge is 0.357 e. The molecule has 0 amide bonds. The predicted octanol–water partition coefficient (Wildman–Crippen LogP) is 1.62. The van der Waals surface area contributed by atoms with Gasteiger partial charge in [-0.2, -0.15) is 5.10 Å². The molecule has 2 heterocycles. The van der Waals surface area contributed by atoms with Gasteiger partial charge in [-0.15, -0.1) is 24.0 Å². The van der Waals surface area contributed by atoms with Gasteiger partial charge in [0.05, 0.1) is 12.7 Å². The van der Waals surface area contributed by atoms with Crippen LogP contribution in [0.3, 0.4) is 0 Å². The first-order chi connectivity index (χ1) is 10.8. The Labute approximate surface area is 157 Å². The number of nitrogens with zero attached hydrogens (tertiary/aromatic N) is 4. The minimum atomic E-state index is 0. The Morgan fingerprint density at radius 2 is 2.04 bits per heavy atom. The summed E-state index contributed by atoms with van der Waals surface area (Å²) >= 11 is 0. The van der Waals surface area contributed by atoms with Crippen molar-refractivity contribution in [3.63, 3.8) is 0 Å². The summed E-state index contributed by atoms with van der Waals surface area (Å²) < 4.78 is 1.84. The van der Waals surface area contributed by atoms with E-state index in [1.165, 1.54) is 37.9 Å². The molecule has 0 aromatic carbocycles. The fourth-order valence-corrected chi connectivity index (χ4v) is 2.75. The van der Waals surface area contributed by atoms with Gasteiger partial charge >= 0.3 is 0 Å². The minimum absolute atomic E-state index is 0. The highest BCUT2D eigenvalue weighted by molar-refractivity contribution is 14.0. The van der Waals surface area contributed by atoms with Gasteiger partial charge in [-0.25, -0.2) is 0 Å². The van der Waals surface area contributed by atoms with Crippen LogP contribution in [0.2, 0.25) is 0 Å². The molecule has 1 aliphatic rings. The van der Waals surface area contributed by atoms with E-state index in [9.17, 15) is 0 Å². The zero-order chi connectivity index (χ0) is 15.6. The number of rotatable bonds is 7. The van der Waals surface area contributed by atoms with E-state index in [0.717, 1.165) is 38.6 Å². The Morgan fingerprint density at radius 3 is 2.70 bits per heavy atom. The van der Waals surface area contributed by atoms with E-state index in [1.807, 2.05) is 17.9 Å². The standard InChI is InChI=1S/C16H30N6.HI/c1-3-17-16(18-8-7-15-13-20-21(2)14-15)19-9-12-22-10-5-4-6-11-22;/h13-14H,3-12H2,1-2H3,(H2,17,18,19);1H. The summed E-state index contributed by atoms with van der Waals surface area (Å²) in [5.41, 5.74) is 1.25. The van der Waals surface area contributed by atoms with Crippen molar-refractivity contribution >= 4 is 29.9 Å². The van der Waals surface area contributed by atoms with Crippen LogP contribution in [0, 0.1) is 0 Å². The summed E-state index contributed by atoms with van der Waals surface area (Å²) in [6.07, 6.45) is 9.01. The Morgan fingerprint density at radius 1 is 1.26 bits per heavy atom. The van der Waals surface area contributed by atoms with Gasteiger partial charge in [0.1, 0.15) is 0 Å². The summed E-state index contributed by atoms with van der Waals surface area (Å²) in [6, 6.07) is 0. The van der Waals surface area contributed by atoms with Crippen molar-refractivity contribution in [1.29, 1.82) is 0 Å². The fraction of sp³-hybridized carbons (Fsp3) is 0.750. The molecular weight excluding hydrogens is 403 g/mol. The van der Waals surface area contributed by atoms with Crippen molar-refractivity contribution in [2.24, 2.45) is 12.0 Å². The molecule has 6 nitrogen and oxygen atoms in total. The molecule has 1 saturated heterocycles. The third kappa shape index (κ3) is 8.01. The van der Waals surface area contributed by atoms with Gasteiger partial charge in [-0.05, 0) is 44.8 Å². The second kappa shape index (κ2) is 11.7. The average molecular weight is 434 g/mol. The highest BCUT2D eigenvalue weighted by Gasteiger charge is 2.08. The van der Waals surface area contributed by atoms with Gasteiger partial charge in [-0.3, -0.25) is 9.67 Å². The molecule has 0 unspecified atom stereocenters. The van der Waals surface area contributed by atoms with Crippen LogP contribution in [0.15, 0.2) is 17.4 Å². The van der Waals surface area contributed by atoms with Crippen LogP contribution < -0.4 is 10.6 Å². The monoisotopic (exact) mass is 434 g/mol. The van der Waals surface area contributed by atoms with Crippen molar-refractivity contribution in [1.82, 2.24) is 25.3 Å². The summed E-state index contributed by atoms with van der Waals surface area (Å²) in [5, 5.41) is 10.9. The number of aliphatic imine (C=N–C) groups is 1. The van der Waals surface area contributed by atoms with E-state index in [0.29, 0.717) is 0 Å². The molecule has 2 N–H and O–H groups in total. The molecule has 0 spiro atoms. The summed E-state index contributed by atoms with van der Waals surface area (Å²) in [6.45, 7) is 8.27. The first kappa shape index (κ1) is 20.2. The summed E-state index contributed by atoms with van der Waals surface area (Å²) in [4.78, 5) is 7.20. The SMILES string of the molecule is CCNC(=NCCN1CCCCC1)NCCc1cnn(C)c1.I. The zero-order valence-corrected chi connectivity index (χ0v) is 16.8. The molecule has 1 aromatic heterocycles. The number of halogens is 1. The number of aromatic nitrogens is 2. The Hall–Kier alpha value is -0.830. The molecule has 1 aromatic rings. The van der Waals surface area contributed by atoms with Crippen LogP contribution in [0.1, 0.15) is 31.7 Å². The molecule has 0 atom stereocenters. The van der Waals surface area contributed by atoms with Crippen LogP contribution in [-0.2, 0) is 13.5 Å². The van der Waals surface area contributed by atoms with Gasteiger partial charge in [0.25, 0.3) is 0 Å². The summed E-state index contributed by atoms with van der Waals surface area (Å²) in [7, 11) is 1.95. The van der Waals surface area contributed by atoms with E-state index in [1.54, 1.807) is 0 Å². The summed E-state index contributed by atoms with van der Waals surface area (Å²) in [5.74, 6) is 0.920. The van der Waals surface area contributed by atoms with Gasteiger partial charge in [0.2, 0.25) is 0 Å². The zero-order valence-electron chi connectivity index (χ0n) is 14.4. The first-order valence-electron chi connectivity index (χ1n) is 8.50. The number of hydrogen-bond acceptors (Lipinski definition) is 3. The molecule has 1 aliphatic heterocycles. The average Bonchev–Trinajstić information content (AvgIpc) is 2.94. The highest BCUT2D eigenvalue weighted by Crippen LogP contribution is 2.07. The third-order valence-corrected chi connectivity index (χ3v) is 3.94. The second-order valence-corrected chi connectivity index (χ2v) is 5.86. The quantitative estimate of drug-likeness (QED) is 0.389. The topological polar surface area (TPSA) is 57.5 Å². The smallest absolute Gasteiger partial charge is 0.191 e. The maximum atomic E-state index is 4.68. The van der Waals surface area contributed by atoms with Crippen LogP contribution in [0.4, 0.5) is 0 Å². The van der Waals surface area contributed by atoms with E-state index in [-0.39, 0.29) is 24.0 Å². The van der Waals surface area contributed by atoms with Crippen molar-refractivity contribution in [3.05, 3.63) is 18.0 Å². The lowest BCUT2D eigenvalue weighted by Crippen LogP contribution is -2.39. The molecule has 7 heteroatoms. The molecule has 1 fully saturated rings. The van der Waals surface area contributed by atoms with Gasteiger partial charge in [0.15, 0.2) is 5.96 Å². The highest BCUT2D eigenvalue weighted by atomic mass is 127. The lowest BCUT2D eigenvalue weighted by molar-refractivity contribution is 0.235. The maximum absolute atomic E-state index is 4.68. The fourth-order valence-electron chi connectivity index (χ4n) is 2.75. The molecule has 132 valence electrons. The number of guanidine groups is 1. The Kier molecular flexibility index (Phi) is 10.3. The number of nitrogens with one attached hydrogen (secondary N) is 2. The minimum Gasteiger partial charge on any atom is -0.357 e. The lowest BCUT2D eigenvalue weighted by atomic mass is 10.1. The van der Waals surface area contributed by atoms with E-state index >= 15 is 0 Å². The molecular formula is C16H31IN6. The van der Waals surface area contributed by atoms with Crippen molar-refractivity contribution in [3.8, 4) is 0 Å². The van der Waals surface area contributed by atoms with Gasteiger partial charge < -0.3 is 15.5 Å². The predicted molar refractivity (Wildman–Crippen MR) is 107 cm³/mol. The van der Waals surface area contributed by atoms with E-state index in [4.69, 9.17) is 0 Å². The van der Waals surface area contributed by atoms with E-state index in [2.05, 4.69) is 38.7 Å². The number of aryl methyl sites for hydroxylation is 1. The van der Waals surface area contributed by atoms with Gasteiger partial charge in [-0.1, -0.05) is 6.42 Å². The lowest BCUT2D eigenvalue weighted by Gasteiger charge is -2.25. The van der Waals surface area contributed by atoms with Crippen LogP contribution in [-0.4, -0.2) is 59.9 Å². The molecule has 23 heavy (non-hydrogen) atoms. The number of hydrogen-bond donors (Lipinski definition) is 2. The van der Waals surface area contributed by atoms with Crippen LogP contribution in [0.25, 0.3) is 0 Å². The Balaban J connectivity index is 0.00000264.